The molecule has 0 unspecified atom stereocenters. The van der Waals surface area contributed by atoms with E-state index in [0.29, 0.717) is 30.0 Å². The highest BCUT2D eigenvalue weighted by Gasteiger charge is 2.19. The van der Waals surface area contributed by atoms with Crippen molar-refractivity contribution >= 4 is 21.7 Å². The molecular formula is C12H16BrNO3. The second-order valence-electron chi connectivity index (χ2n) is 3.56. The van der Waals surface area contributed by atoms with Crippen LogP contribution in [0.5, 0.6) is 11.5 Å². The van der Waals surface area contributed by atoms with E-state index in [0.717, 1.165) is 10.0 Å². The van der Waals surface area contributed by atoms with Gasteiger partial charge in [0.25, 0.3) is 0 Å². The van der Waals surface area contributed by atoms with Gasteiger partial charge in [0.15, 0.2) is 5.78 Å². The van der Waals surface area contributed by atoms with Gasteiger partial charge in [-0.2, -0.15) is 0 Å². The number of methoxy groups -OCH3 is 2. The molecule has 0 atom stereocenters. The van der Waals surface area contributed by atoms with Crippen LogP contribution in [-0.2, 0) is 0 Å². The predicted molar refractivity (Wildman–Crippen MR) is 70.0 cm³/mol. The van der Waals surface area contributed by atoms with Gasteiger partial charge in [0.05, 0.1) is 24.3 Å². The van der Waals surface area contributed by atoms with Gasteiger partial charge in [-0.05, 0) is 35.5 Å². The van der Waals surface area contributed by atoms with Gasteiger partial charge in [0.2, 0.25) is 0 Å². The van der Waals surface area contributed by atoms with E-state index in [1.807, 2.05) is 6.92 Å². The van der Waals surface area contributed by atoms with Crippen LogP contribution in [0.25, 0.3) is 0 Å². The van der Waals surface area contributed by atoms with Crippen LogP contribution in [0.15, 0.2) is 10.5 Å². The summed E-state index contributed by atoms with van der Waals surface area (Å²) >= 11 is 3.38. The standard InChI is InChI=1S/C12H16BrNO3/c1-7-11(16-2)8(10(15)4-5-14)6-9(13)12(7)17-3/h6H,4-5,14H2,1-3H3. The highest BCUT2D eigenvalue weighted by molar-refractivity contribution is 9.10. The van der Waals surface area contributed by atoms with Crippen LogP contribution in [0.3, 0.4) is 0 Å². The van der Waals surface area contributed by atoms with E-state index in [4.69, 9.17) is 15.2 Å². The summed E-state index contributed by atoms with van der Waals surface area (Å²) < 4.78 is 11.3. The molecule has 0 heterocycles. The highest BCUT2D eigenvalue weighted by atomic mass is 79.9. The number of halogens is 1. The number of ether oxygens (including phenoxy) is 2. The summed E-state index contributed by atoms with van der Waals surface area (Å²) in [5.74, 6) is 1.19. The van der Waals surface area contributed by atoms with Gasteiger partial charge in [0, 0.05) is 12.0 Å². The maximum Gasteiger partial charge on any atom is 0.167 e. The Bertz CT molecular complexity index is 432. The van der Waals surface area contributed by atoms with E-state index in [1.54, 1.807) is 13.2 Å². The van der Waals surface area contributed by atoms with Crippen LogP contribution in [0.2, 0.25) is 0 Å². The number of nitrogens with two attached hydrogens (primary N) is 1. The monoisotopic (exact) mass is 301 g/mol. The lowest BCUT2D eigenvalue weighted by Gasteiger charge is -2.15. The summed E-state index contributed by atoms with van der Waals surface area (Å²) in [6.45, 7) is 2.17. The Morgan fingerprint density at radius 1 is 1.35 bits per heavy atom. The van der Waals surface area contributed by atoms with Gasteiger partial charge in [-0.3, -0.25) is 4.79 Å². The fraction of sp³-hybridized carbons (Fsp3) is 0.417. The molecular weight excluding hydrogens is 286 g/mol. The highest BCUT2D eigenvalue weighted by Crippen LogP contribution is 2.38. The van der Waals surface area contributed by atoms with Crippen molar-refractivity contribution in [3.05, 3.63) is 21.7 Å². The van der Waals surface area contributed by atoms with Crippen LogP contribution in [0, 0.1) is 6.92 Å². The number of ketones is 1. The van der Waals surface area contributed by atoms with Crippen molar-refractivity contribution in [2.45, 2.75) is 13.3 Å². The molecule has 94 valence electrons. The van der Waals surface area contributed by atoms with Gasteiger partial charge in [-0.1, -0.05) is 0 Å². The van der Waals surface area contributed by atoms with Crippen LogP contribution >= 0.6 is 15.9 Å². The van der Waals surface area contributed by atoms with Crippen molar-refractivity contribution < 1.29 is 14.3 Å². The maximum absolute atomic E-state index is 11.9. The van der Waals surface area contributed by atoms with E-state index in [-0.39, 0.29) is 5.78 Å². The number of rotatable bonds is 5. The zero-order chi connectivity index (χ0) is 13.0. The summed E-state index contributed by atoms with van der Waals surface area (Å²) in [7, 11) is 3.11. The lowest BCUT2D eigenvalue weighted by Crippen LogP contribution is -2.10. The van der Waals surface area contributed by atoms with Crippen molar-refractivity contribution in [2.24, 2.45) is 5.73 Å². The van der Waals surface area contributed by atoms with E-state index in [1.165, 1.54) is 7.11 Å². The summed E-state index contributed by atoms with van der Waals surface area (Å²) in [4.78, 5) is 11.9. The molecule has 2 N–H and O–H groups in total. The molecule has 0 radical (unpaired) electrons. The van der Waals surface area contributed by atoms with Crippen LogP contribution in [0.4, 0.5) is 0 Å². The first-order chi connectivity index (χ1) is 8.06. The summed E-state index contributed by atoms with van der Waals surface area (Å²) in [6.07, 6.45) is 0.300. The largest absolute Gasteiger partial charge is 0.496 e. The Morgan fingerprint density at radius 3 is 2.41 bits per heavy atom. The Balaban J connectivity index is 3.36. The molecule has 0 saturated carbocycles. The van der Waals surface area contributed by atoms with E-state index < -0.39 is 0 Å². The second-order valence-corrected chi connectivity index (χ2v) is 4.41. The van der Waals surface area contributed by atoms with Gasteiger partial charge in [-0.25, -0.2) is 0 Å². The number of hydrogen-bond donors (Lipinski definition) is 1. The zero-order valence-electron chi connectivity index (χ0n) is 10.2. The molecule has 17 heavy (non-hydrogen) atoms. The average Bonchev–Trinajstić information content (AvgIpc) is 2.29. The summed E-state index contributed by atoms with van der Waals surface area (Å²) in [5.41, 5.74) is 6.72. The normalized spacial score (nSPS) is 10.2. The summed E-state index contributed by atoms with van der Waals surface area (Å²) in [6, 6.07) is 1.71. The molecule has 0 saturated heterocycles. The molecule has 1 rings (SSSR count). The minimum Gasteiger partial charge on any atom is -0.496 e. The molecule has 0 aliphatic rings. The molecule has 0 spiro atoms. The molecule has 0 bridgehead atoms. The third-order valence-corrected chi connectivity index (χ3v) is 3.08. The molecule has 4 nitrogen and oxygen atoms in total. The molecule has 0 aromatic heterocycles. The van der Waals surface area contributed by atoms with E-state index in [9.17, 15) is 4.79 Å². The quantitative estimate of drug-likeness (QED) is 0.848. The van der Waals surface area contributed by atoms with Gasteiger partial charge >= 0.3 is 0 Å². The van der Waals surface area contributed by atoms with Crippen molar-refractivity contribution in [3.63, 3.8) is 0 Å². The Kier molecular flexibility index (Phi) is 4.96. The molecule has 0 fully saturated rings. The molecule has 1 aromatic rings. The van der Waals surface area contributed by atoms with Crippen LogP contribution in [0.1, 0.15) is 22.3 Å². The topological polar surface area (TPSA) is 61.5 Å². The number of benzene rings is 1. The minimum atomic E-state index is -0.0317. The van der Waals surface area contributed by atoms with E-state index >= 15 is 0 Å². The predicted octanol–water partition coefficient (Wildman–Crippen LogP) is 2.31. The first kappa shape index (κ1) is 14.0. The SMILES string of the molecule is COc1c(Br)cc(C(=O)CCN)c(OC)c1C. The van der Waals surface area contributed by atoms with Crippen LogP contribution < -0.4 is 15.2 Å². The second kappa shape index (κ2) is 6.02. The Hall–Kier alpha value is -1.07. The van der Waals surface area contributed by atoms with Gasteiger partial charge in [0.1, 0.15) is 11.5 Å². The lowest BCUT2D eigenvalue weighted by molar-refractivity contribution is 0.0982. The number of hydrogen-bond acceptors (Lipinski definition) is 4. The number of carbonyl (C=O) groups is 1. The third kappa shape index (κ3) is 2.79. The van der Waals surface area contributed by atoms with Crippen molar-refractivity contribution in [1.82, 2.24) is 0 Å². The fourth-order valence-electron chi connectivity index (χ4n) is 1.73. The van der Waals surface area contributed by atoms with Crippen LogP contribution in [-0.4, -0.2) is 26.5 Å². The number of carbonyl (C=O) groups excluding carboxylic acids is 1. The Labute approximate surface area is 109 Å². The van der Waals surface area contributed by atoms with Crippen molar-refractivity contribution in [3.8, 4) is 11.5 Å². The Morgan fingerprint density at radius 2 is 1.94 bits per heavy atom. The lowest BCUT2D eigenvalue weighted by atomic mass is 10.0. The maximum atomic E-state index is 11.9. The van der Waals surface area contributed by atoms with Crippen molar-refractivity contribution in [1.29, 1.82) is 0 Å². The van der Waals surface area contributed by atoms with E-state index in [2.05, 4.69) is 15.9 Å². The molecule has 0 aliphatic carbocycles. The van der Waals surface area contributed by atoms with Gasteiger partial charge < -0.3 is 15.2 Å². The molecule has 5 heteroatoms. The molecule has 1 aromatic carbocycles. The van der Waals surface area contributed by atoms with Gasteiger partial charge in [-0.15, -0.1) is 0 Å². The average molecular weight is 302 g/mol. The minimum absolute atomic E-state index is 0.0317. The smallest absolute Gasteiger partial charge is 0.167 e. The first-order valence-corrected chi connectivity index (χ1v) is 6.00. The fourth-order valence-corrected chi connectivity index (χ4v) is 2.42. The number of Topliss-reactive ketones (excluding diaryl/α,β-unsaturated/α-hetero) is 1. The van der Waals surface area contributed by atoms with Crippen molar-refractivity contribution in [2.75, 3.05) is 20.8 Å². The molecule has 0 aliphatic heterocycles. The first-order valence-electron chi connectivity index (χ1n) is 5.21. The third-order valence-electron chi connectivity index (χ3n) is 2.49. The zero-order valence-corrected chi connectivity index (χ0v) is 11.8. The molecule has 0 amide bonds. The summed E-state index contributed by atoms with van der Waals surface area (Å²) in [5, 5.41) is 0.